The smallest absolute Gasteiger partial charge is 0.272 e. The van der Waals surface area contributed by atoms with Gasteiger partial charge in [0.1, 0.15) is 5.75 Å². The van der Waals surface area contributed by atoms with Gasteiger partial charge in [-0.15, -0.1) is 0 Å². The minimum absolute atomic E-state index is 0.117. The van der Waals surface area contributed by atoms with E-state index in [9.17, 15) is 9.59 Å². The number of nitrogens with one attached hydrogen (secondary N) is 2. The standard InChI is InChI=1S/C23H21BrN4O3/c1-15-10-20(24)21(11-16(15)2)27-22(29)14-31-19-7-5-17(6-8-19)12-26-28-23(30)18-4-3-9-25-13-18/h3-13H,14H2,1-2H3,(H,27,29)(H,28,30)/b26-12+. The van der Waals surface area contributed by atoms with Crippen LogP contribution >= 0.6 is 15.9 Å². The van der Waals surface area contributed by atoms with Crippen LogP contribution in [0, 0.1) is 13.8 Å². The molecule has 31 heavy (non-hydrogen) atoms. The summed E-state index contributed by atoms with van der Waals surface area (Å²) in [4.78, 5) is 28.0. The molecule has 0 aliphatic rings. The van der Waals surface area contributed by atoms with Crippen molar-refractivity contribution < 1.29 is 14.3 Å². The van der Waals surface area contributed by atoms with E-state index in [1.54, 1.807) is 42.6 Å². The van der Waals surface area contributed by atoms with Crippen molar-refractivity contribution in [3.05, 3.63) is 87.7 Å². The molecule has 0 bridgehead atoms. The van der Waals surface area contributed by atoms with Crippen molar-refractivity contribution in [2.24, 2.45) is 5.10 Å². The van der Waals surface area contributed by atoms with Crippen LogP contribution in [0.2, 0.25) is 0 Å². The van der Waals surface area contributed by atoms with Gasteiger partial charge < -0.3 is 10.1 Å². The van der Waals surface area contributed by atoms with E-state index < -0.39 is 0 Å². The van der Waals surface area contributed by atoms with Gasteiger partial charge in [-0.3, -0.25) is 14.6 Å². The molecular formula is C23H21BrN4O3. The monoisotopic (exact) mass is 480 g/mol. The number of hydrogen-bond acceptors (Lipinski definition) is 5. The first kappa shape index (κ1) is 22.2. The Labute approximate surface area is 188 Å². The molecular weight excluding hydrogens is 460 g/mol. The fourth-order valence-corrected chi connectivity index (χ4v) is 3.15. The summed E-state index contributed by atoms with van der Waals surface area (Å²) >= 11 is 3.46. The minimum atomic E-state index is -0.342. The number of amides is 2. The molecule has 7 nitrogen and oxygen atoms in total. The number of anilines is 1. The van der Waals surface area contributed by atoms with E-state index in [-0.39, 0.29) is 18.4 Å². The largest absolute Gasteiger partial charge is 0.484 e. The fraction of sp³-hybridized carbons (Fsp3) is 0.130. The number of hydrazone groups is 1. The molecule has 158 valence electrons. The van der Waals surface area contributed by atoms with Gasteiger partial charge in [-0.2, -0.15) is 5.10 Å². The number of carbonyl (C=O) groups excluding carboxylic acids is 2. The highest BCUT2D eigenvalue weighted by Crippen LogP contribution is 2.26. The first-order valence-corrected chi connectivity index (χ1v) is 10.2. The maximum absolute atomic E-state index is 12.2. The van der Waals surface area contributed by atoms with Gasteiger partial charge in [-0.25, -0.2) is 5.43 Å². The van der Waals surface area contributed by atoms with Crippen molar-refractivity contribution in [2.45, 2.75) is 13.8 Å². The molecule has 0 atom stereocenters. The Hall–Kier alpha value is -3.52. The Morgan fingerprint density at radius 1 is 1.13 bits per heavy atom. The number of pyridine rings is 1. The van der Waals surface area contributed by atoms with E-state index in [2.05, 4.69) is 36.8 Å². The lowest BCUT2D eigenvalue weighted by atomic mass is 10.1. The van der Waals surface area contributed by atoms with E-state index in [1.165, 1.54) is 12.4 Å². The molecule has 3 rings (SSSR count). The molecule has 1 aromatic heterocycles. The summed E-state index contributed by atoms with van der Waals surface area (Å²) in [5, 5.41) is 6.76. The molecule has 0 unspecified atom stereocenters. The highest BCUT2D eigenvalue weighted by atomic mass is 79.9. The number of aromatic nitrogens is 1. The summed E-state index contributed by atoms with van der Waals surface area (Å²) in [7, 11) is 0. The number of rotatable bonds is 7. The second-order valence-corrected chi connectivity index (χ2v) is 7.62. The minimum Gasteiger partial charge on any atom is -0.484 e. The SMILES string of the molecule is Cc1cc(Br)c(NC(=O)COc2ccc(/C=N/NC(=O)c3cccnc3)cc2)cc1C. The van der Waals surface area contributed by atoms with Crippen molar-refractivity contribution in [2.75, 3.05) is 11.9 Å². The van der Waals surface area contributed by atoms with E-state index >= 15 is 0 Å². The summed E-state index contributed by atoms with van der Waals surface area (Å²) in [6.07, 6.45) is 4.57. The number of hydrogen-bond donors (Lipinski definition) is 2. The van der Waals surface area contributed by atoms with Crippen molar-refractivity contribution >= 4 is 39.6 Å². The van der Waals surface area contributed by atoms with Crippen molar-refractivity contribution in [1.29, 1.82) is 0 Å². The second kappa shape index (κ2) is 10.5. The molecule has 2 aromatic carbocycles. The Morgan fingerprint density at radius 2 is 1.87 bits per heavy atom. The second-order valence-electron chi connectivity index (χ2n) is 6.76. The lowest BCUT2D eigenvalue weighted by Crippen LogP contribution is -2.20. The Balaban J connectivity index is 1.48. The highest BCUT2D eigenvalue weighted by Gasteiger charge is 2.08. The average molecular weight is 481 g/mol. The van der Waals surface area contributed by atoms with E-state index in [4.69, 9.17) is 4.74 Å². The zero-order valence-corrected chi connectivity index (χ0v) is 18.6. The predicted molar refractivity (Wildman–Crippen MR) is 123 cm³/mol. The van der Waals surface area contributed by atoms with Gasteiger partial charge >= 0.3 is 0 Å². The normalized spacial score (nSPS) is 10.7. The molecule has 8 heteroatoms. The molecule has 0 saturated carbocycles. The summed E-state index contributed by atoms with van der Waals surface area (Å²) in [6.45, 7) is 3.88. The topological polar surface area (TPSA) is 92.7 Å². The number of benzene rings is 2. The summed E-state index contributed by atoms with van der Waals surface area (Å²) in [6, 6.07) is 14.2. The Bertz CT molecular complexity index is 1100. The molecule has 1 heterocycles. The van der Waals surface area contributed by atoms with Gasteiger partial charge in [-0.05, 0) is 95.0 Å². The van der Waals surface area contributed by atoms with Crippen LogP contribution < -0.4 is 15.5 Å². The quantitative estimate of drug-likeness (QED) is 0.390. The van der Waals surface area contributed by atoms with Gasteiger partial charge in [0.25, 0.3) is 11.8 Å². The number of ether oxygens (including phenoxy) is 1. The maximum Gasteiger partial charge on any atom is 0.272 e. The molecule has 0 fully saturated rings. The van der Waals surface area contributed by atoms with Crippen LogP contribution in [0.4, 0.5) is 5.69 Å². The zero-order chi connectivity index (χ0) is 22.2. The predicted octanol–water partition coefficient (Wildman–Crippen LogP) is 4.24. The molecule has 3 aromatic rings. The summed E-state index contributed by atoms with van der Waals surface area (Å²) < 4.78 is 6.36. The van der Waals surface area contributed by atoms with Gasteiger partial charge in [0.2, 0.25) is 0 Å². The molecule has 0 aliphatic heterocycles. The first-order chi connectivity index (χ1) is 14.9. The molecule has 0 saturated heterocycles. The average Bonchev–Trinajstić information content (AvgIpc) is 2.77. The van der Waals surface area contributed by atoms with Crippen LogP contribution in [0.5, 0.6) is 5.75 Å². The Kier molecular flexibility index (Phi) is 7.50. The molecule has 0 spiro atoms. The third-order valence-electron chi connectivity index (χ3n) is 4.41. The van der Waals surface area contributed by atoms with Crippen molar-refractivity contribution in [1.82, 2.24) is 10.4 Å². The van der Waals surface area contributed by atoms with Crippen molar-refractivity contribution in [3.8, 4) is 5.75 Å². The number of nitrogens with zero attached hydrogens (tertiary/aromatic N) is 2. The van der Waals surface area contributed by atoms with Gasteiger partial charge in [0.05, 0.1) is 17.5 Å². The van der Waals surface area contributed by atoms with Crippen LogP contribution in [0.3, 0.4) is 0 Å². The number of halogens is 1. The number of aryl methyl sites for hydroxylation is 2. The maximum atomic E-state index is 12.2. The van der Waals surface area contributed by atoms with Crippen LogP contribution in [-0.2, 0) is 4.79 Å². The van der Waals surface area contributed by atoms with Gasteiger partial charge in [0.15, 0.2) is 6.61 Å². The summed E-state index contributed by atoms with van der Waals surface area (Å²) in [5.41, 5.74) is 6.57. The van der Waals surface area contributed by atoms with E-state index in [0.29, 0.717) is 17.0 Å². The van der Waals surface area contributed by atoms with Crippen molar-refractivity contribution in [3.63, 3.8) is 0 Å². The van der Waals surface area contributed by atoms with Gasteiger partial charge in [-0.1, -0.05) is 0 Å². The van der Waals surface area contributed by atoms with Gasteiger partial charge in [0, 0.05) is 16.9 Å². The summed E-state index contributed by atoms with van der Waals surface area (Å²) in [5.74, 6) is -0.0516. The molecule has 0 aliphatic carbocycles. The van der Waals surface area contributed by atoms with E-state index in [0.717, 1.165) is 21.2 Å². The van der Waals surface area contributed by atoms with Crippen LogP contribution in [0.25, 0.3) is 0 Å². The lowest BCUT2D eigenvalue weighted by molar-refractivity contribution is -0.118. The Morgan fingerprint density at radius 3 is 2.58 bits per heavy atom. The third kappa shape index (κ3) is 6.48. The highest BCUT2D eigenvalue weighted by molar-refractivity contribution is 9.10. The molecule has 0 radical (unpaired) electrons. The molecule has 2 amide bonds. The first-order valence-electron chi connectivity index (χ1n) is 9.45. The zero-order valence-electron chi connectivity index (χ0n) is 17.1. The third-order valence-corrected chi connectivity index (χ3v) is 5.07. The van der Waals surface area contributed by atoms with E-state index in [1.807, 2.05) is 26.0 Å². The lowest BCUT2D eigenvalue weighted by Gasteiger charge is -2.11. The molecule has 2 N–H and O–H groups in total. The van der Waals surface area contributed by atoms with Crippen LogP contribution in [0.15, 0.2) is 70.5 Å². The number of carbonyl (C=O) groups is 2. The van der Waals surface area contributed by atoms with Crippen LogP contribution in [-0.4, -0.2) is 29.6 Å². The fourth-order valence-electron chi connectivity index (χ4n) is 2.59. The van der Waals surface area contributed by atoms with Crippen LogP contribution in [0.1, 0.15) is 27.0 Å².